The molecule has 0 aliphatic rings. The van der Waals surface area contributed by atoms with Gasteiger partial charge >= 0.3 is 0 Å². The van der Waals surface area contributed by atoms with Crippen LogP contribution >= 0.6 is 0 Å². The summed E-state index contributed by atoms with van der Waals surface area (Å²) in [7, 11) is 0.879. The molecule has 0 heterocycles. The molecule has 21 heavy (non-hydrogen) atoms. The largest absolute Gasteiger partial charge is 0.497 e. The summed E-state index contributed by atoms with van der Waals surface area (Å²) in [6.07, 6.45) is 2.15. The van der Waals surface area contributed by atoms with Crippen LogP contribution in [0.4, 0.5) is 0 Å². The molecule has 0 amide bonds. The lowest BCUT2D eigenvalue weighted by Gasteiger charge is -2.20. The van der Waals surface area contributed by atoms with Gasteiger partial charge in [-0.05, 0) is 36.6 Å². The zero-order valence-electron chi connectivity index (χ0n) is 13.7. The molecule has 0 spiro atoms. The number of hydrogen-bond donors (Lipinski definition) is 1. The number of hydrogen-bond acceptors (Lipinski definition) is 3. The standard InChI is InChI=1S/C17H29NO2S/c1-5-10-18-17(13-21(19)12-14(3)6-2)15-8-7-9-16(11-15)20-4/h7-9,11,14,17-18H,5-6,10,12-13H2,1-4H3. The lowest BCUT2D eigenvalue weighted by atomic mass is 10.1. The molecule has 1 aromatic rings. The molecule has 0 fully saturated rings. The zero-order valence-corrected chi connectivity index (χ0v) is 14.5. The van der Waals surface area contributed by atoms with Crippen molar-refractivity contribution >= 4 is 10.8 Å². The van der Waals surface area contributed by atoms with Crippen LogP contribution in [0.2, 0.25) is 0 Å². The Bertz CT molecular complexity index is 437. The fraction of sp³-hybridized carbons (Fsp3) is 0.647. The molecule has 1 N–H and O–H groups in total. The molecular formula is C17H29NO2S. The first-order valence-electron chi connectivity index (χ1n) is 7.82. The average Bonchev–Trinajstić information content (AvgIpc) is 2.51. The summed E-state index contributed by atoms with van der Waals surface area (Å²) in [5, 5.41) is 3.51. The normalized spacial score (nSPS) is 15.4. The van der Waals surface area contributed by atoms with Crippen molar-refractivity contribution in [2.24, 2.45) is 5.92 Å². The molecule has 0 bridgehead atoms. The number of nitrogens with one attached hydrogen (secondary N) is 1. The first-order chi connectivity index (χ1) is 10.1. The highest BCUT2D eigenvalue weighted by Crippen LogP contribution is 2.20. The molecule has 120 valence electrons. The Balaban J connectivity index is 2.76. The van der Waals surface area contributed by atoms with Gasteiger partial charge < -0.3 is 10.1 Å². The van der Waals surface area contributed by atoms with Crippen LogP contribution in [-0.2, 0) is 10.8 Å². The molecule has 1 rings (SSSR count). The van der Waals surface area contributed by atoms with Gasteiger partial charge in [0.2, 0.25) is 0 Å². The zero-order chi connectivity index (χ0) is 15.7. The van der Waals surface area contributed by atoms with Crippen LogP contribution < -0.4 is 10.1 Å². The monoisotopic (exact) mass is 311 g/mol. The minimum Gasteiger partial charge on any atom is -0.497 e. The quantitative estimate of drug-likeness (QED) is 0.718. The second-order valence-electron chi connectivity index (χ2n) is 5.57. The van der Waals surface area contributed by atoms with Crippen molar-refractivity contribution in [2.75, 3.05) is 25.2 Å². The Labute approximate surface area is 131 Å². The molecule has 3 nitrogen and oxygen atoms in total. The first-order valence-corrected chi connectivity index (χ1v) is 9.31. The Morgan fingerprint density at radius 3 is 2.67 bits per heavy atom. The summed E-state index contributed by atoms with van der Waals surface area (Å²) >= 11 is 0. The van der Waals surface area contributed by atoms with Crippen LogP contribution in [0.25, 0.3) is 0 Å². The van der Waals surface area contributed by atoms with E-state index in [0.717, 1.165) is 36.5 Å². The van der Waals surface area contributed by atoms with Crippen molar-refractivity contribution in [3.8, 4) is 5.75 Å². The summed E-state index contributed by atoms with van der Waals surface area (Å²) in [5.41, 5.74) is 1.15. The maximum atomic E-state index is 12.4. The first kappa shape index (κ1) is 18.2. The smallest absolute Gasteiger partial charge is 0.119 e. The van der Waals surface area contributed by atoms with Gasteiger partial charge in [0.1, 0.15) is 5.75 Å². The van der Waals surface area contributed by atoms with Gasteiger partial charge in [0, 0.05) is 28.3 Å². The van der Waals surface area contributed by atoms with E-state index in [2.05, 4.69) is 32.2 Å². The topological polar surface area (TPSA) is 38.3 Å². The predicted octanol–water partition coefficient (Wildman–Crippen LogP) is 3.53. The number of methoxy groups -OCH3 is 1. The third-order valence-corrected chi connectivity index (χ3v) is 5.30. The predicted molar refractivity (Wildman–Crippen MR) is 91.4 cm³/mol. The highest BCUT2D eigenvalue weighted by molar-refractivity contribution is 7.85. The summed E-state index contributed by atoms with van der Waals surface area (Å²) in [4.78, 5) is 0. The second kappa shape index (κ2) is 9.96. The Hall–Kier alpha value is -0.870. The summed E-state index contributed by atoms with van der Waals surface area (Å²) < 4.78 is 17.6. The molecule has 3 unspecified atom stereocenters. The molecule has 3 atom stereocenters. The van der Waals surface area contributed by atoms with E-state index in [-0.39, 0.29) is 6.04 Å². The van der Waals surface area contributed by atoms with E-state index in [0.29, 0.717) is 11.7 Å². The summed E-state index contributed by atoms with van der Waals surface area (Å²) in [6, 6.07) is 8.18. The minimum atomic E-state index is -0.796. The SMILES string of the molecule is CCCNC(CS(=O)CC(C)CC)c1cccc(OC)c1. The molecular weight excluding hydrogens is 282 g/mol. The molecule has 0 aromatic heterocycles. The van der Waals surface area contributed by atoms with Gasteiger partial charge in [0.25, 0.3) is 0 Å². The Morgan fingerprint density at radius 2 is 2.05 bits per heavy atom. The van der Waals surface area contributed by atoms with Crippen LogP contribution in [0.15, 0.2) is 24.3 Å². The van der Waals surface area contributed by atoms with Gasteiger partial charge in [-0.3, -0.25) is 4.21 Å². The van der Waals surface area contributed by atoms with Crippen LogP contribution in [-0.4, -0.2) is 29.4 Å². The fourth-order valence-electron chi connectivity index (χ4n) is 2.14. The van der Waals surface area contributed by atoms with E-state index in [9.17, 15) is 4.21 Å². The van der Waals surface area contributed by atoms with Gasteiger partial charge in [-0.15, -0.1) is 0 Å². The molecule has 1 aromatic carbocycles. The van der Waals surface area contributed by atoms with Crippen molar-refractivity contribution in [1.29, 1.82) is 0 Å². The number of ether oxygens (including phenoxy) is 1. The summed E-state index contributed by atoms with van der Waals surface area (Å²) in [5.74, 6) is 2.81. The third-order valence-electron chi connectivity index (χ3n) is 3.66. The van der Waals surface area contributed by atoms with E-state index in [1.807, 2.05) is 18.2 Å². The maximum Gasteiger partial charge on any atom is 0.119 e. The van der Waals surface area contributed by atoms with Gasteiger partial charge in [0.05, 0.1) is 7.11 Å². The summed E-state index contributed by atoms with van der Waals surface area (Å²) in [6.45, 7) is 7.39. The molecule has 0 saturated heterocycles. The van der Waals surface area contributed by atoms with Crippen molar-refractivity contribution in [2.45, 2.75) is 39.7 Å². The maximum absolute atomic E-state index is 12.4. The van der Waals surface area contributed by atoms with Crippen LogP contribution in [0, 0.1) is 5.92 Å². The van der Waals surface area contributed by atoms with Crippen LogP contribution in [0.3, 0.4) is 0 Å². The van der Waals surface area contributed by atoms with Crippen LogP contribution in [0.1, 0.15) is 45.2 Å². The van der Waals surface area contributed by atoms with E-state index in [1.165, 1.54) is 0 Å². The molecule has 0 aliphatic carbocycles. The second-order valence-corrected chi connectivity index (χ2v) is 7.12. The molecule has 0 aliphatic heterocycles. The lowest BCUT2D eigenvalue weighted by Crippen LogP contribution is -2.28. The van der Waals surface area contributed by atoms with E-state index < -0.39 is 10.8 Å². The van der Waals surface area contributed by atoms with Crippen molar-refractivity contribution in [3.05, 3.63) is 29.8 Å². The Morgan fingerprint density at radius 1 is 1.29 bits per heavy atom. The average molecular weight is 311 g/mol. The fourth-order valence-corrected chi connectivity index (χ4v) is 3.83. The van der Waals surface area contributed by atoms with Gasteiger partial charge in [-0.25, -0.2) is 0 Å². The Kier molecular flexibility index (Phi) is 8.62. The number of rotatable bonds is 10. The van der Waals surface area contributed by atoms with Gasteiger partial charge in [-0.2, -0.15) is 0 Å². The molecule has 0 radical (unpaired) electrons. The van der Waals surface area contributed by atoms with Crippen molar-refractivity contribution in [1.82, 2.24) is 5.32 Å². The van der Waals surface area contributed by atoms with Crippen molar-refractivity contribution < 1.29 is 8.95 Å². The minimum absolute atomic E-state index is 0.130. The molecule has 4 heteroatoms. The number of benzene rings is 1. The van der Waals surface area contributed by atoms with E-state index in [4.69, 9.17) is 4.74 Å². The van der Waals surface area contributed by atoms with Gasteiger partial charge in [0.15, 0.2) is 0 Å². The van der Waals surface area contributed by atoms with E-state index >= 15 is 0 Å². The highest BCUT2D eigenvalue weighted by Gasteiger charge is 2.16. The third kappa shape index (κ3) is 6.62. The van der Waals surface area contributed by atoms with Crippen molar-refractivity contribution in [3.63, 3.8) is 0 Å². The van der Waals surface area contributed by atoms with Crippen LogP contribution in [0.5, 0.6) is 5.75 Å². The van der Waals surface area contributed by atoms with Gasteiger partial charge in [-0.1, -0.05) is 39.3 Å². The molecule has 0 saturated carbocycles. The lowest BCUT2D eigenvalue weighted by molar-refractivity contribution is 0.413. The van der Waals surface area contributed by atoms with E-state index in [1.54, 1.807) is 7.11 Å². The highest BCUT2D eigenvalue weighted by atomic mass is 32.2.